The average molecular weight is 650 g/mol. The number of alkyl halides is 1. The number of anilines is 2. The maximum absolute atomic E-state index is 14.1. The molecule has 2 saturated heterocycles. The number of ether oxygens (including phenoxy) is 2. The van der Waals surface area contributed by atoms with Crippen LogP contribution in [-0.2, 0) is 24.3 Å². The van der Waals surface area contributed by atoms with Crippen LogP contribution in [0.5, 0.6) is 6.01 Å². The van der Waals surface area contributed by atoms with Crippen LogP contribution in [0.4, 0.5) is 20.7 Å². The first-order valence-corrected chi connectivity index (χ1v) is 16.6. The van der Waals surface area contributed by atoms with E-state index in [4.69, 9.17) is 26.0 Å². The molecule has 4 heterocycles. The van der Waals surface area contributed by atoms with E-state index >= 15 is 0 Å². The molecule has 3 aliphatic rings. The molecule has 0 aliphatic carbocycles. The number of carbonyl (C=O) groups is 1. The second-order valence-corrected chi connectivity index (χ2v) is 12.8. The molecule has 48 heavy (non-hydrogen) atoms. The van der Waals surface area contributed by atoms with E-state index in [1.165, 1.54) is 10.8 Å². The summed E-state index contributed by atoms with van der Waals surface area (Å²) >= 11 is 0. The third kappa shape index (κ3) is 6.71. The highest BCUT2D eigenvalue weighted by molar-refractivity contribution is 5.94. The Labute approximate surface area is 280 Å². The van der Waals surface area contributed by atoms with E-state index in [-0.39, 0.29) is 31.2 Å². The van der Waals surface area contributed by atoms with Gasteiger partial charge in [0.05, 0.1) is 12.2 Å². The lowest BCUT2D eigenvalue weighted by Gasteiger charge is -2.40. The Balaban J connectivity index is 1.15. The van der Waals surface area contributed by atoms with Crippen molar-refractivity contribution in [1.29, 1.82) is 0 Å². The van der Waals surface area contributed by atoms with E-state index in [0.717, 1.165) is 41.3 Å². The van der Waals surface area contributed by atoms with Gasteiger partial charge in [-0.2, -0.15) is 9.97 Å². The van der Waals surface area contributed by atoms with Crippen LogP contribution in [0.1, 0.15) is 23.2 Å². The average Bonchev–Trinajstić information content (AvgIpc) is 3.45. The predicted molar refractivity (Wildman–Crippen MR) is 183 cm³/mol. The fourth-order valence-corrected chi connectivity index (χ4v) is 7.13. The first kappa shape index (κ1) is 31.6. The van der Waals surface area contributed by atoms with Gasteiger partial charge in [-0.1, -0.05) is 66.7 Å². The lowest BCUT2D eigenvalue weighted by Crippen LogP contribution is -2.57. The Morgan fingerprint density at radius 2 is 1.77 bits per heavy atom. The van der Waals surface area contributed by atoms with Crippen LogP contribution in [0.3, 0.4) is 0 Å². The van der Waals surface area contributed by atoms with E-state index in [1.54, 1.807) is 4.90 Å². The standard InChI is InChI=1S/C37H40FN7O3/c1-39-20-30-22-44(17-18-45(30)37(46)48-24-26-9-4-3-5-10-26)35-32-15-16-43(34-14-8-12-27-11-6-7-13-31(27)34)23-33(32)40-36(41-35)47-25-29-19-28(38)21-42(29)2/h3-14,28-30H,15-25H2,2H3/t28-,29+,30+/m1/s1. The number of rotatable bonds is 8. The zero-order valence-electron chi connectivity index (χ0n) is 27.2. The Morgan fingerprint density at radius 3 is 2.58 bits per heavy atom. The molecule has 0 unspecified atom stereocenters. The van der Waals surface area contributed by atoms with Crippen LogP contribution in [0.2, 0.25) is 0 Å². The van der Waals surface area contributed by atoms with E-state index in [1.807, 2.05) is 42.3 Å². The number of hydrogen-bond donors (Lipinski definition) is 0. The SMILES string of the molecule is [C-]#[N+]C[C@H]1CN(c2nc(OC[C@@H]3C[C@@H](F)CN3C)nc3c2CCN(c2cccc4ccccc24)C3)CCN1C(=O)OCc1ccccc1. The summed E-state index contributed by atoms with van der Waals surface area (Å²) in [6.07, 6.45) is -0.133. The van der Waals surface area contributed by atoms with Gasteiger partial charge in [-0.15, -0.1) is 0 Å². The van der Waals surface area contributed by atoms with Crippen molar-refractivity contribution < 1.29 is 18.7 Å². The highest BCUT2D eigenvalue weighted by atomic mass is 19.1. The predicted octanol–water partition coefficient (Wildman–Crippen LogP) is 5.36. The molecule has 3 aromatic carbocycles. The maximum Gasteiger partial charge on any atom is 0.410 e. The second-order valence-electron chi connectivity index (χ2n) is 12.8. The van der Waals surface area contributed by atoms with Crippen LogP contribution in [0.25, 0.3) is 15.6 Å². The smallest absolute Gasteiger partial charge is 0.410 e. The van der Waals surface area contributed by atoms with Gasteiger partial charge < -0.3 is 24.1 Å². The van der Waals surface area contributed by atoms with Gasteiger partial charge in [0, 0.05) is 55.4 Å². The van der Waals surface area contributed by atoms with Crippen LogP contribution in [-0.4, -0.2) is 97.0 Å². The van der Waals surface area contributed by atoms with Gasteiger partial charge in [-0.05, 0) is 36.9 Å². The molecule has 3 aliphatic heterocycles. The summed E-state index contributed by atoms with van der Waals surface area (Å²) in [5, 5.41) is 2.38. The summed E-state index contributed by atoms with van der Waals surface area (Å²) in [6.45, 7) is 11.4. The lowest BCUT2D eigenvalue weighted by molar-refractivity contribution is 0.0788. The normalized spacial score (nSPS) is 21.2. The molecule has 3 atom stereocenters. The third-order valence-electron chi connectivity index (χ3n) is 9.70. The highest BCUT2D eigenvalue weighted by Gasteiger charge is 2.37. The van der Waals surface area contributed by atoms with Gasteiger partial charge >= 0.3 is 12.1 Å². The number of fused-ring (bicyclic) bond motifs is 2. The fourth-order valence-electron chi connectivity index (χ4n) is 7.13. The van der Waals surface area contributed by atoms with Crippen molar-refractivity contribution in [3.05, 3.63) is 101 Å². The summed E-state index contributed by atoms with van der Waals surface area (Å²) in [5.41, 5.74) is 4.02. The highest BCUT2D eigenvalue weighted by Crippen LogP contribution is 2.35. The molecule has 7 rings (SSSR count). The molecule has 2 fully saturated rings. The molecule has 1 aromatic heterocycles. The molecular formula is C37H40FN7O3. The number of benzene rings is 3. The van der Waals surface area contributed by atoms with Crippen molar-refractivity contribution >= 4 is 28.4 Å². The molecule has 4 aromatic rings. The van der Waals surface area contributed by atoms with Crippen LogP contribution < -0.4 is 14.5 Å². The van der Waals surface area contributed by atoms with Gasteiger partial charge in [0.1, 0.15) is 31.2 Å². The van der Waals surface area contributed by atoms with Gasteiger partial charge in [0.2, 0.25) is 6.54 Å². The summed E-state index contributed by atoms with van der Waals surface area (Å²) in [5.74, 6) is 0.781. The number of nitrogens with zero attached hydrogens (tertiary/aromatic N) is 7. The van der Waals surface area contributed by atoms with Crippen molar-refractivity contribution in [2.24, 2.45) is 0 Å². The van der Waals surface area contributed by atoms with E-state index in [9.17, 15) is 9.18 Å². The van der Waals surface area contributed by atoms with Crippen LogP contribution in [0, 0.1) is 6.57 Å². The third-order valence-corrected chi connectivity index (χ3v) is 9.70. The summed E-state index contributed by atoms with van der Waals surface area (Å²) in [6, 6.07) is 24.2. The van der Waals surface area contributed by atoms with Gasteiger partial charge in [0.25, 0.3) is 0 Å². The van der Waals surface area contributed by atoms with E-state index < -0.39 is 12.3 Å². The number of piperazine rings is 1. The van der Waals surface area contributed by atoms with Crippen molar-refractivity contribution in [3.63, 3.8) is 0 Å². The summed E-state index contributed by atoms with van der Waals surface area (Å²) in [7, 11) is 1.91. The zero-order valence-corrected chi connectivity index (χ0v) is 27.2. The maximum atomic E-state index is 14.1. The Hall–Kier alpha value is -4.95. The van der Waals surface area contributed by atoms with Gasteiger partial charge in [-0.3, -0.25) is 9.80 Å². The molecule has 11 heteroatoms. The number of carbonyl (C=O) groups excluding carboxylic acids is 1. The number of halogens is 1. The van der Waals surface area contributed by atoms with Crippen molar-refractivity contribution in [2.75, 3.05) is 62.7 Å². The molecule has 0 saturated carbocycles. The molecule has 0 radical (unpaired) electrons. The largest absolute Gasteiger partial charge is 0.462 e. The number of likely N-dealkylation sites (tertiary alicyclic amines) is 1. The molecule has 10 nitrogen and oxygen atoms in total. The quantitative estimate of drug-likeness (QED) is 0.236. The topological polar surface area (TPSA) is 78.6 Å². The minimum atomic E-state index is -0.868. The summed E-state index contributed by atoms with van der Waals surface area (Å²) in [4.78, 5) is 34.9. The van der Waals surface area contributed by atoms with E-state index in [2.05, 4.69) is 57.1 Å². The molecule has 1 amide bonds. The minimum absolute atomic E-state index is 0.0521. The first-order valence-electron chi connectivity index (χ1n) is 16.6. The number of aromatic nitrogens is 2. The molecule has 0 bridgehead atoms. The number of hydrogen-bond acceptors (Lipinski definition) is 8. The Bertz CT molecular complexity index is 1800. The van der Waals surface area contributed by atoms with Crippen molar-refractivity contribution in [2.45, 2.75) is 44.2 Å². The lowest BCUT2D eigenvalue weighted by atomic mass is 10.0. The van der Waals surface area contributed by atoms with Crippen LogP contribution in [0.15, 0.2) is 72.8 Å². The number of likely N-dealkylation sites (N-methyl/N-ethyl adjacent to an activating group) is 1. The monoisotopic (exact) mass is 649 g/mol. The zero-order chi connectivity index (χ0) is 33.0. The Morgan fingerprint density at radius 1 is 0.958 bits per heavy atom. The number of amides is 1. The molecule has 0 N–H and O–H groups in total. The first-order chi connectivity index (χ1) is 23.5. The summed E-state index contributed by atoms with van der Waals surface area (Å²) < 4.78 is 26.0. The molecule has 0 spiro atoms. The van der Waals surface area contributed by atoms with Crippen molar-refractivity contribution in [1.82, 2.24) is 19.8 Å². The fraction of sp³-hybridized carbons (Fsp3) is 0.405. The second kappa shape index (κ2) is 14.0. The van der Waals surface area contributed by atoms with Crippen LogP contribution >= 0.6 is 0 Å². The van der Waals surface area contributed by atoms with Gasteiger partial charge in [0.15, 0.2) is 0 Å². The van der Waals surface area contributed by atoms with Gasteiger partial charge in [-0.25, -0.2) is 15.8 Å². The Kier molecular flexibility index (Phi) is 9.25. The van der Waals surface area contributed by atoms with E-state index in [0.29, 0.717) is 45.8 Å². The minimum Gasteiger partial charge on any atom is -0.462 e. The molecule has 248 valence electrons. The molecular weight excluding hydrogens is 609 g/mol. The van der Waals surface area contributed by atoms with Crippen molar-refractivity contribution in [3.8, 4) is 6.01 Å².